The van der Waals surface area contributed by atoms with Gasteiger partial charge in [0, 0.05) is 12.6 Å². The van der Waals surface area contributed by atoms with E-state index in [9.17, 15) is 0 Å². The lowest BCUT2D eigenvalue weighted by molar-refractivity contribution is 0.457. The van der Waals surface area contributed by atoms with Crippen LogP contribution in [0.25, 0.3) is 11.6 Å². The van der Waals surface area contributed by atoms with Crippen LogP contribution in [0.2, 0.25) is 0 Å². The summed E-state index contributed by atoms with van der Waals surface area (Å²) < 4.78 is 6.02. The summed E-state index contributed by atoms with van der Waals surface area (Å²) in [7, 11) is 0. The Morgan fingerprint density at radius 3 is 3.00 bits per heavy atom. The van der Waals surface area contributed by atoms with Crippen LogP contribution in [-0.2, 0) is 12.8 Å². The Kier molecular flexibility index (Phi) is 3.62. The van der Waals surface area contributed by atoms with Gasteiger partial charge in [-0.15, -0.1) is 0 Å². The quantitative estimate of drug-likeness (QED) is 0.711. The average molecular weight is 315 g/mol. The number of pyridine rings is 1. The van der Waals surface area contributed by atoms with Crippen molar-refractivity contribution in [3.63, 3.8) is 0 Å². The highest BCUT2D eigenvalue weighted by Crippen LogP contribution is 2.34. The Bertz CT molecular complexity index is 936. The first kappa shape index (κ1) is 14.6. The van der Waals surface area contributed by atoms with Crippen molar-refractivity contribution in [2.45, 2.75) is 32.1 Å². The molecule has 0 saturated carbocycles. The van der Waals surface area contributed by atoms with E-state index in [0.717, 1.165) is 42.0 Å². The maximum Gasteiger partial charge on any atom is 0.245 e. The van der Waals surface area contributed by atoms with Gasteiger partial charge in [0.15, 0.2) is 0 Å². The van der Waals surface area contributed by atoms with Gasteiger partial charge in [-0.05, 0) is 61.1 Å². The first-order valence-corrected chi connectivity index (χ1v) is 8.14. The number of hydrogen-bond acceptors (Lipinski definition) is 4. The monoisotopic (exact) mass is 315 g/mol. The molecule has 24 heavy (non-hydrogen) atoms. The Labute approximate surface area is 140 Å². The first-order chi connectivity index (χ1) is 11.7. The van der Waals surface area contributed by atoms with Gasteiger partial charge >= 0.3 is 0 Å². The largest absolute Gasteiger partial charge is 0.440 e. The van der Waals surface area contributed by atoms with Crippen molar-refractivity contribution < 1.29 is 4.42 Å². The molecule has 4 nitrogen and oxygen atoms in total. The minimum Gasteiger partial charge on any atom is -0.440 e. The molecule has 1 aliphatic rings. The van der Waals surface area contributed by atoms with Gasteiger partial charge in [0.25, 0.3) is 0 Å². The summed E-state index contributed by atoms with van der Waals surface area (Å²) in [5.74, 6) is 1.93. The van der Waals surface area contributed by atoms with Crippen molar-refractivity contribution in [3.8, 4) is 17.7 Å². The highest BCUT2D eigenvalue weighted by Gasteiger charge is 2.26. The second kappa shape index (κ2) is 5.93. The third kappa shape index (κ3) is 2.69. The number of benzene rings is 1. The van der Waals surface area contributed by atoms with E-state index in [1.165, 1.54) is 5.56 Å². The fraction of sp³-hybridized carbons (Fsp3) is 0.250. The molecule has 0 aliphatic heterocycles. The van der Waals surface area contributed by atoms with E-state index in [0.29, 0.717) is 17.4 Å². The fourth-order valence-electron chi connectivity index (χ4n) is 3.28. The number of nitrogens with zero attached hydrogens (tertiary/aromatic N) is 3. The van der Waals surface area contributed by atoms with Crippen LogP contribution in [0.1, 0.15) is 40.5 Å². The smallest absolute Gasteiger partial charge is 0.245 e. The van der Waals surface area contributed by atoms with Gasteiger partial charge in [-0.1, -0.05) is 12.1 Å². The number of aromatic nitrogens is 2. The zero-order chi connectivity index (χ0) is 16.5. The predicted molar refractivity (Wildman–Crippen MR) is 90.4 cm³/mol. The fourth-order valence-corrected chi connectivity index (χ4v) is 3.28. The van der Waals surface area contributed by atoms with Gasteiger partial charge in [-0.3, -0.25) is 4.98 Å². The summed E-state index contributed by atoms with van der Waals surface area (Å²) >= 11 is 0. The molecule has 0 radical (unpaired) electrons. The minimum atomic E-state index is 0.372. The highest BCUT2D eigenvalue weighted by atomic mass is 16.4. The predicted octanol–water partition coefficient (Wildman–Crippen LogP) is 4.19. The van der Waals surface area contributed by atoms with Crippen LogP contribution in [0.15, 0.2) is 47.0 Å². The maximum atomic E-state index is 9.08. The van der Waals surface area contributed by atoms with Crippen molar-refractivity contribution in [1.29, 1.82) is 5.26 Å². The van der Waals surface area contributed by atoms with Crippen LogP contribution in [-0.4, -0.2) is 9.97 Å². The normalized spacial score (nSPS) is 16.4. The third-order valence-electron chi connectivity index (χ3n) is 4.56. The molecule has 0 fully saturated rings. The molecule has 2 heterocycles. The molecule has 0 saturated heterocycles. The van der Waals surface area contributed by atoms with Crippen LogP contribution in [0, 0.1) is 18.3 Å². The molecule has 4 heteroatoms. The van der Waals surface area contributed by atoms with E-state index in [4.69, 9.17) is 9.68 Å². The zero-order valence-electron chi connectivity index (χ0n) is 13.5. The highest BCUT2D eigenvalue weighted by molar-refractivity contribution is 5.49. The van der Waals surface area contributed by atoms with Crippen molar-refractivity contribution >= 4 is 0 Å². The van der Waals surface area contributed by atoms with Gasteiger partial charge in [0.1, 0.15) is 11.5 Å². The van der Waals surface area contributed by atoms with Gasteiger partial charge in [0.05, 0.1) is 17.3 Å². The molecular formula is C20H17N3O. The molecule has 1 unspecified atom stereocenters. The Morgan fingerprint density at radius 1 is 1.25 bits per heavy atom. The summed E-state index contributed by atoms with van der Waals surface area (Å²) in [6.07, 6.45) is 4.52. The van der Waals surface area contributed by atoms with Gasteiger partial charge in [0.2, 0.25) is 5.89 Å². The molecule has 3 aromatic rings. The van der Waals surface area contributed by atoms with Crippen molar-refractivity contribution in [3.05, 3.63) is 70.7 Å². The standard InChI is InChI=1S/C20H17N3O/c1-13-7-8-22-18(9-13)20-23-17-6-5-16(11-19(17)24-20)15-4-2-3-14(10-15)12-21/h2-4,7-10,16H,5-6,11H2,1H3. The zero-order valence-corrected chi connectivity index (χ0v) is 13.5. The third-order valence-corrected chi connectivity index (χ3v) is 4.56. The van der Waals surface area contributed by atoms with E-state index >= 15 is 0 Å². The lowest BCUT2D eigenvalue weighted by atomic mass is 9.84. The van der Waals surface area contributed by atoms with E-state index in [1.807, 2.05) is 37.3 Å². The van der Waals surface area contributed by atoms with E-state index < -0.39 is 0 Å². The lowest BCUT2D eigenvalue weighted by Crippen LogP contribution is -2.11. The van der Waals surface area contributed by atoms with Crippen molar-refractivity contribution in [1.82, 2.24) is 9.97 Å². The minimum absolute atomic E-state index is 0.372. The molecule has 0 amide bonds. The molecule has 0 N–H and O–H groups in total. The lowest BCUT2D eigenvalue weighted by Gasteiger charge is -2.20. The summed E-state index contributed by atoms with van der Waals surface area (Å²) in [6, 6.07) is 14.0. The molecule has 1 aromatic carbocycles. The van der Waals surface area contributed by atoms with Crippen LogP contribution >= 0.6 is 0 Å². The molecule has 0 spiro atoms. The number of fused-ring (bicyclic) bond motifs is 1. The summed E-state index contributed by atoms with van der Waals surface area (Å²) in [4.78, 5) is 9.00. The number of aryl methyl sites for hydroxylation is 2. The van der Waals surface area contributed by atoms with Gasteiger partial charge in [-0.25, -0.2) is 4.98 Å². The maximum absolute atomic E-state index is 9.08. The van der Waals surface area contributed by atoms with Crippen LogP contribution in [0.5, 0.6) is 0 Å². The Morgan fingerprint density at radius 2 is 2.17 bits per heavy atom. The molecular weight excluding hydrogens is 298 g/mol. The van der Waals surface area contributed by atoms with Crippen LogP contribution in [0.4, 0.5) is 0 Å². The first-order valence-electron chi connectivity index (χ1n) is 8.14. The molecule has 2 aromatic heterocycles. The summed E-state index contributed by atoms with van der Waals surface area (Å²) in [5, 5.41) is 9.08. The van der Waals surface area contributed by atoms with Gasteiger partial charge < -0.3 is 4.42 Å². The molecule has 1 atom stereocenters. The van der Waals surface area contributed by atoms with E-state index in [-0.39, 0.29) is 0 Å². The number of oxazole rings is 1. The number of hydrogen-bond donors (Lipinski definition) is 0. The van der Waals surface area contributed by atoms with Crippen molar-refractivity contribution in [2.24, 2.45) is 0 Å². The number of nitriles is 1. The second-order valence-electron chi connectivity index (χ2n) is 6.28. The van der Waals surface area contributed by atoms with Gasteiger partial charge in [-0.2, -0.15) is 5.26 Å². The molecule has 1 aliphatic carbocycles. The van der Waals surface area contributed by atoms with E-state index in [2.05, 4.69) is 22.1 Å². The summed E-state index contributed by atoms with van der Waals surface area (Å²) in [6.45, 7) is 2.03. The molecule has 118 valence electrons. The Balaban J connectivity index is 1.63. The average Bonchev–Trinajstić information content (AvgIpc) is 3.05. The SMILES string of the molecule is Cc1ccnc(-c2nc3c(o2)CC(c2cccc(C#N)c2)CC3)c1. The van der Waals surface area contributed by atoms with Crippen LogP contribution < -0.4 is 0 Å². The topological polar surface area (TPSA) is 62.7 Å². The molecule has 4 rings (SSSR count). The molecule has 0 bridgehead atoms. The number of rotatable bonds is 2. The van der Waals surface area contributed by atoms with E-state index in [1.54, 1.807) is 6.20 Å². The van der Waals surface area contributed by atoms with Crippen molar-refractivity contribution in [2.75, 3.05) is 0 Å². The Hall–Kier alpha value is -2.93. The van der Waals surface area contributed by atoms with Crippen LogP contribution in [0.3, 0.4) is 0 Å². The second-order valence-corrected chi connectivity index (χ2v) is 6.28. The summed E-state index contributed by atoms with van der Waals surface area (Å²) in [5.41, 5.74) is 4.88.